The molecule has 1 fully saturated rings. The molecule has 0 spiro atoms. The molecule has 8 heteroatoms. The van der Waals surface area contributed by atoms with Crippen LogP contribution in [0.1, 0.15) is 12.5 Å². The number of amides is 4. The summed E-state index contributed by atoms with van der Waals surface area (Å²) in [6.45, 7) is 1.21. The number of imide groups is 1. The molecular weight excluding hydrogens is 302 g/mol. The summed E-state index contributed by atoms with van der Waals surface area (Å²) in [6, 6.07) is 6.18. The lowest BCUT2D eigenvalue weighted by Crippen LogP contribution is -2.43. The van der Waals surface area contributed by atoms with Crippen LogP contribution in [-0.2, 0) is 20.0 Å². The molecule has 4 amide bonds. The largest absolute Gasteiger partial charge is 0.497 e. The number of hydroxylamine groups is 2. The van der Waals surface area contributed by atoms with Crippen LogP contribution in [0.3, 0.4) is 0 Å². The van der Waals surface area contributed by atoms with Gasteiger partial charge in [-0.1, -0.05) is 12.1 Å². The first-order valence-electron chi connectivity index (χ1n) is 6.92. The van der Waals surface area contributed by atoms with Crippen molar-refractivity contribution in [3.05, 3.63) is 29.8 Å². The normalized spacial score (nSPS) is 20.4. The van der Waals surface area contributed by atoms with Crippen molar-refractivity contribution in [1.29, 1.82) is 0 Å². The molecule has 0 aliphatic carbocycles. The number of carbonyl (C=O) groups is 3. The third kappa shape index (κ3) is 2.98. The van der Waals surface area contributed by atoms with Crippen molar-refractivity contribution < 1.29 is 24.0 Å². The molecule has 1 aliphatic heterocycles. The molecule has 1 heterocycles. The fourth-order valence-electron chi connectivity index (χ4n) is 2.30. The quantitative estimate of drug-likeness (QED) is 0.629. The van der Waals surface area contributed by atoms with Crippen LogP contribution < -0.4 is 10.1 Å². The third-order valence-corrected chi connectivity index (χ3v) is 3.86. The van der Waals surface area contributed by atoms with E-state index in [1.165, 1.54) is 14.2 Å². The minimum absolute atomic E-state index is 0.388. The number of hydrogen-bond donors (Lipinski definition) is 1. The van der Waals surface area contributed by atoms with Crippen LogP contribution in [0.4, 0.5) is 4.79 Å². The lowest BCUT2D eigenvalue weighted by atomic mass is 9.92. The molecule has 2 rings (SSSR count). The van der Waals surface area contributed by atoms with Gasteiger partial charge in [-0.2, -0.15) is 0 Å². The van der Waals surface area contributed by atoms with E-state index in [1.54, 1.807) is 38.3 Å². The van der Waals surface area contributed by atoms with Crippen LogP contribution >= 0.6 is 0 Å². The smallest absolute Gasteiger partial charge is 0.325 e. The number of carbonyl (C=O) groups excluding carboxylic acids is 3. The summed E-state index contributed by atoms with van der Waals surface area (Å²) < 4.78 is 5.08. The predicted octanol–water partition coefficient (Wildman–Crippen LogP) is 0.482. The summed E-state index contributed by atoms with van der Waals surface area (Å²) in [5, 5.41) is 3.59. The molecule has 0 aromatic heterocycles. The molecular formula is C15H19N3O5. The van der Waals surface area contributed by atoms with Crippen molar-refractivity contribution in [3.63, 3.8) is 0 Å². The Kier molecular flexibility index (Phi) is 4.55. The highest BCUT2D eigenvalue weighted by Crippen LogP contribution is 2.29. The molecule has 1 saturated heterocycles. The van der Waals surface area contributed by atoms with E-state index in [-0.39, 0.29) is 6.54 Å². The van der Waals surface area contributed by atoms with E-state index in [1.807, 2.05) is 0 Å². The second-order valence-electron chi connectivity index (χ2n) is 5.25. The first kappa shape index (κ1) is 16.8. The molecule has 1 atom stereocenters. The minimum Gasteiger partial charge on any atom is -0.497 e. The van der Waals surface area contributed by atoms with Gasteiger partial charge in [-0.25, -0.2) is 9.86 Å². The standard InChI is InChI=1S/C15H19N3O5/c1-15(10-5-7-11(22-3)8-6-10)13(20)18(14(21)16-15)9-12(19)17(2)23-4/h5-8H,9H2,1-4H3,(H,16,21). The van der Waals surface area contributed by atoms with Crippen LogP contribution in [0, 0.1) is 0 Å². The Morgan fingerprint density at radius 3 is 2.39 bits per heavy atom. The van der Waals surface area contributed by atoms with Gasteiger partial charge in [-0.15, -0.1) is 0 Å². The monoisotopic (exact) mass is 321 g/mol. The Labute approximate surface area is 133 Å². The summed E-state index contributed by atoms with van der Waals surface area (Å²) >= 11 is 0. The molecule has 0 saturated carbocycles. The number of methoxy groups -OCH3 is 1. The van der Waals surface area contributed by atoms with E-state index in [4.69, 9.17) is 9.57 Å². The van der Waals surface area contributed by atoms with E-state index in [0.29, 0.717) is 11.3 Å². The van der Waals surface area contributed by atoms with Crippen molar-refractivity contribution in [1.82, 2.24) is 15.3 Å². The fourth-order valence-corrected chi connectivity index (χ4v) is 2.30. The maximum atomic E-state index is 12.6. The highest BCUT2D eigenvalue weighted by molar-refractivity contribution is 6.09. The number of nitrogens with zero attached hydrogens (tertiary/aromatic N) is 2. The van der Waals surface area contributed by atoms with E-state index in [9.17, 15) is 14.4 Å². The number of likely N-dealkylation sites (N-methyl/N-ethyl adjacent to an activating group) is 1. The first-order chi connectivity index (χ1) is 10.8. The zero-order valence-electron chi connectivity index (χ0n) is 13.5. The van der Waals surface area contributed by atoms with Gasteiger partial charge in [0, 0.05) is 7.05 Å². The molecule has 8 nitrogen and oxygen atoms in total. The van der Waals surface area contributed by atoms with E-state index < -0.39 is 23.4 Å². The van der Waals surface area contributed by atoms with Crippen molar-refractivity contribution in [2.24, 2.45) is 0 Å². The maximum absolute atomic E-state index is 12.6. The fraction of sp³-hybridized carbons (Fsp3) is 0.400. The van der Waals surface area contributed by atoms with Crippen LogP contribution in [0.2, 0.25) is 0 Å². The number of nitrogens with one attached hydrogen (secondary N) is 1. The molecule has 23 heavy (non-hydrogen) atoms. The SMILES string of the molecule is COc1ccc(C2(C)NC(=O)N(CC(=O)N(C)OC)C2=O)cc1. The Morgan fingerprint density at radius 1 is 1.26 bits per heavy atom. The average molecular weight is 321 g/mol. The molecule has 124 valence electrons. The van der Waals surface area contributed by atoms with E-state index >= 15 is 0 Å². The van der Waals surface area contributed by atoms with Gasteiger partial charge in [-0.05, 0) is 24.6 Å². The van der Waals surface area contributed by atoms with Crippen molar-refractivity contribution in [2.75, 3.05) is 27.8 Å². The molecule has 0 radical (unpaired) electrons. The maximum Gasteiger partial charge on any atom is 0.325 e. The number of urea groups is 1. The summed E-state index contributed by atoms with van der Waals surface area (Å²) in [5.74, 6) is -0.358. The van der Waals surface area contributed by atoms with Gasteiger partial charge >= 0.3 is 6.03 Å². The molecule has 0 bridgehead atoms. The number of hydrogen-bond acceptors (Lipinski definition) is 5. The van der Waals surface area contributed by atoms with Crippen LogP contribution in [0.15, 0.2) is 24.3 Å². The number of benzene rings is 1. The van der Waals surface area contributed by atoms with Gasteiger partial charge in [0.1, 0.15) is 17.8 Å². The third-order valence-electron chi connectivity index (χ3n) is 3.86. The Morgan fingerprint density at radius 2 is 1.87 bits per heavy atom. The zero-order chi connectivity index (χ0) is 17.2. The van der Waals surface area contributed by atoms with Gasteiger partial charge in [0.2, 0.25) is 0 Å². The summed E-state index contributed by atoms with van der Waals surface area (Å²) in [7, 11) is 4.27. The minimum atomic E-state index is -1.23. The first-order valence-corrected chi connectivity index (χ1v) is 6.92. The topological polar surface area (TPSA) is 88.2 Å². The van der Waals surface area contributed by atoms with Crippen molar-refractivity contribution in [3.8, 4) is 5.75 Å². The molecule has 1 aromatic carbocycles. The Bertz CT molecular complexity index is 631. The van der Waals surface area contributed by atoms with Gasteiger partial charge in [0.25, 0.3) is 11.8 Å². The average Bonchev–Trinajstić information content (AvgIpc) is 2.78. The second-order valence-corrected chi connectivity index (χ2v) is 5.25. The van der Waals surface area contributed by atoms with Crippen LogP contribution in [0.25, 0.3) is 0 Å². The van der Waals surface area contributed by atoms with E-state index in [2.05, 4.69) is 5.32 Å². The molecule has 1 N–H and O–H groups in total. The zero-order valence-corrected chi connectivity index (χ0v) is 13.5. The number of rotatable bonds is 5. The Balaban J connectivity index is 2.23. The van der Waals surface area contributed by atoms with Gasteiger partial charge < -0.3 is 10.1 Å². The van der Waals surface area contributed by atoms with Gasteiger partial charge in [0.05, 0.1) is 14.2 Å². The van der Waals surface area contributed by atoms with Crippen LogP contribution in [-0.4, -0.2) is 55.6 Å². The molecule has 1 aromatic rings. The highest BCUT2D eigenvalue weighted by Gasteiger charge is 2.49. The summed E-state index contributed by atoms with van der Waals surface area (Å²) in [5.41, 5.74) is -0.623. The van der Waals surface area contributed by atoms with Crippen molar-refractivity contribution in [2.45, 2.75) is 12.5 Å². The Hall–Kier alpha value is -2.61. The predicted molar refractivity (Wildman–Crippen MR) is 80.4 cm³/mol. The summed E-state index contributed by atoms with van der Waals surface area (Å²) in [6.07, 6.45) is 0. The lowest BCUT2D eigenvalue weighted by Gasteiger charge is -2.23. The van der Waals surface area contributed by atoms with Crippen molar-refractivity contribution >= 4 is 17.8 Å². The molecule has 1 unspecified atom stereocenters. The summed E-state index contributed by atoms with van der Waals surface area (Å²) in [4.78, 5) is 42.2. The van der Waals surface area contributed by atoms with Crippen LogP contribution in [0.5, 0.6) is 5.75 Å². The second kappa shape index (κ2) is 6.25. The van der Waals surface area contributed by atoms with Gasteiger partial charge in [-0.3, -0.25) is 19.3 Å². The lowest BCUT2D eigenvalue weighted by molar-refractivity contribution is -0.170. The van der Waals surface area contributed by atoms with Gasteiger partial charge in [0.15, 0.2) is 0 Å². The highest BCUT2D eigenvalue weighted by atomic mass is 16.7. The molecule has 1 aliphatic rings. The number of ether oxygens (including phenoxy) is 1. The van der Waals surface area contributed by atoms with E-state index in [0.717, 1.165) is 9.96 Å².